The number of nitrogens with two attached hydrogens (primary N) is 1. The average Bonchev–Trinajstić information content (AvgIpc) is 3.30. The fourth-order valence-electron chi connectivity index (χ4n) is 4.35. The van der Waals surface area contributed by atoms with Crippen LogP contribution in [-0.2, 0) is 17.6 Å². The van der Waals surface area contributed by atoms with Crippen molar-refractivity contribution in [2.45, 2.75) is 26.7 Å². The van der Waals surface area contributed by atoms with Crippen LogP contribution in [0.4, 0.5) is 10.7 Å². The summed E-state index contributed by atoms with van der Waals surface area (Å²) in [7, 11) is 1.35. The monoisotopic (exact) mass is 463 g/mol. The standard InChI is InChI=1S/C24H21N3O3S2/c1-11-10-12(2)26-22-16(11)19(25)20(32-22)21(28)27-23-18(24(29)30-3)17-14-7-5-4-6-13(14)8-9-15(17)31-23/h4-7,10H,8-9,25H2,1-3H3,(H,27,28). The minimum absolute atomic E-state index is 0.348. The Morgan fingerprint density at radius 3 is 2.72 bits per heavy atom. The molecule has 5 rings (SSSR count). The molecule has 0 saturated heterocycles. The molecule has 0 spiro atoms. The Kier molecular flexibility index (Phi) is 4.98. The van der Waals surface area contributed by atoms with E-state index in [0.29, 0.717) is 21.1 Å². The molecular formula is C24H21N3O3S2. The minimum atomic E-state index is -0.466. The Morgan fingerprint density at radius 2 is 1.94 bits per heavy atom. The number of nitrogens with one attached hydrogen (secondary N) is 1. The molecular weight excluding hydrogens is 442 g/mol. The quantitative estimate of drug-likeness (QED) is 0.399. The van der Waals surface area contributed by atoms with Crippen molar-refractivity contribution in [2.24, 2.45) is 0 Å². The Labute approximate surface area is 193 Å². The maximum Gasteiger partial charge on any atom is 0.341 e. The van der Waals surface area contributed by atoms with Gasteiger partial charge in [-0.25, -0.2) is 9.78 Å². The van der Waals surface area contributed by atoms with Crippen LogP contribution >= 0.6 is 22.7 Å². The lowest BCUT2D eigenvalue weighted by atomic mass is 9.88. The third-order valence-electron chi connectivity index (χ3n) is 5.74. The van der Waals surface area contributed by atoms with E-state index in [4.69, 9.17) is 10.5 Å². The third kappa shape index (κ3) is 3.18. The van der Waals surface area contributed by atoms with E-state index in [9.17, 15) is 9.59 Å². The number of esters is 1. The molecule has 0 atom stereocenters. The Morgan fingerprint density at radius 1 is 1.16 bits per heavy atom. The molecule has 8 heteroatoms. The minimum Gasteiger partial charge on any atom is -0.465 e. The van der Waals surface area contributed by atoms with Gasteiger partial charge in [-0.3, -0.25) is 4.79 Å². The molecule has 6 nitrogen and oxygen atoms in total. The van der Waals surface area contributed by atoms with Gasteiger partial charge in [0.1, 0.15) is 20.3 Å². The van der Waals surface area contributed by atoms with Crippen molar-refractivity contribution in [1.29, 1.82) is 0 Å². The first kappa shape index (κ1) is 20.7. The Balaban J connectivity index is 1.60. The van der Waals surface area contributed by atoms with Crippen molar-refractivity contribution in [1.82, 2.24) is 4.98 Å². The van der Waals surface area contributed by atoms with E-state index in [1.165, 1.54) is 35.3 Å². The third-order valence-corrected chi connectivity index (χ3v) is 8.00. The molecule has 1 aromatic carbocycles. The van der Waals surface area contributed by atoms with Crippen LogP contribution in [0.15, 0.2) is 30.3 Å². The molecule has 0 bridgehead atoms. The number of fused-ring (bicyclic) bond motifs is 4. The molecule has 0 aliphatic heterocycles. The van der Waals surface area contributed by atoms with Gasteiger partial charge in [0.05, 0.1) is 12.8 Å². The van der Waals surface area contributed by atoms with Gasteiger partial charge in [0.25, 0.3) is 5.91 Å². The number of benzene rings is 1. The predicted molar refractivity (Wildman–Crippen MR) is 130 cm³/mol. The lowest BCUT2D eigenvalue weighted by Crippen LogP contribution is -2.14. The van der Waals surface area contributed by atoms with Crippen LogP contribution in [0.1, 0.15) is 41.7 Å². The summed E-state index contributed by atoms with van der Waals surface area (Å²) in [5.41, 5.74) is 12.1. The second-order valence-electron chi connectivity index (χ2n) is 7.81. The van der Waals surface area contributed by atoms with Gasteiger partial charge in [-0.1, -0.05) is 24.3 Å². The first-order valence-corrected chi connectivity index (χ1v) is 11.8. The summed E-state index contributed by atoms with van der Waals surface area (Å²) in [5, 5.41) is 4.24. The van der Waals surface area contributed by atoms with Crippen molar-refractivity contribution >= 4 is 55.5 Å². The molecule has 3 N–H and O–H groups in total. The lowest BCUT2D eigenvalue weighted by Gasteiger charge is -2.17. The number of hydrogen-bond donors (Lipinski definition) is 2. The number of nitrogen functional groups attached to an aromatic ring is 1. The van der Waals surface area contributed by atoms with E-state index in [0.717, 1.165) is 50.3 Å². The number of methoxy groups -OCH3 is 1. The number of rotatable bonds is 3. The molecule has 0 radical (unpaired) electrons. The van der Waals surface area contributed by atoms with E-state index in [1.54, 1.807) is 0 Å². The van der Waals surface area contributed by atoms with E-state index < -0.39 is 5.97 Å². The van der Waals surface area contributed by atoms with E-state index in [1.807, 2.05) is 38.1 Å². The van der Waals surface area contributed by atoms with E-state index >= 15 is 0 Å². The normalized spacial score (nSPS) is 12.3. The Hall–Kier alpha value is -3.23. The van der Waals surface area contributed by atoms with Gasteiger partial charge in [-0.15, -0.1) is 22.7 Å². The van der Waals surface area contributed by atoms with Gasteiger partial charge in [-0.2, -0.15) is 0 Å². The van der Waals surface area contributed by atoms with Crippen molar-refractivity contribution in [3.63, 3.8) is 0 Å². The molecule has 32 heavy (non-hydrogen) atoms. The molecule has 1 aliphatic carbocycles. The zero-order chi connectivity index (χ0) is 22.6. The average molecular weight is 464 g/mol. The first-order valence-electron chi connectivity index (χ1n) is 10.2. The fourth-order valence-corrected chi connectivity index (χ4v) is 6.66. The maximum atomic E-state index is 13.3. The van der Waals surface area contributed by atoms with Crippen molar-refractivity contribution < 1.29 is 14.3 Å². The second-order valence-corrected chi connectivity index (χ2v) is 9.92. The summed E-state index contributed by atoms with van der Waals surface area (Å²) in [6, 6.07) is 10.00. The highest BCUT2D eigenvalue weighted by molar-refractivity contribution is 7.21. The van der Waals surface area contributed by atoms with Gasteiger partial charge in [0, 0.05) is 21.5 Å². The van der Waals surface area contributed by atoms with Crippen LogP contribution in [-0.4, -0.2) is 24.0 Å². The number of carbonyl (C=O) groups is 2. The van der Waals surface area contributed by atoms with E-state index in [-0.39, 0.29) is 5.91 Å². The zero-order valence-corrected chi connectivity index (χ0v) is 19.5. The molecule has 0 saturated carbocycles. The molecule has 0 fully saturated rings. The summed E-state index contributed by atoms with van der Waals surface area (Å²) in [6.07, 6.45) is 1.70. The van der Waals surface area contributed by atoms with Crippen LogP contribution in [0.2, 0.25) is 0 Å². The molecule has 3 aromatic heterocycles. The van der Waals surface area contributed by atoms with E-state index in [2.05, 4.69) is 16.4 Å². The fraction of sp³-hybridized carbons (Fsp3) is 0.208. The highest BCUT2D eigenvalue weighted by Crippen LogP contribution is 2.46. The van der Waals surface area contributed by atoms with Gasteiger partial charge < -0.3 is 15.8 Å². The van der Waals surface area contributed by atoms with Gasteiger partial charge in [0.15, 0.2) is 0 Å². The largest absolute Gasteiger partial charge is 0.465 e. The summed E-state index contributed by atoms with van der Waals surface area (Å²) in [6.45, 7) is 3.88. The SMILES string of the molecule is COC(=O)c1c(NC(=O)c2sc3nc(C)cc(C)c3c2N)sc2c1-c1ccccc1CC2. The zero-order valence-electron chi connectivity index (χ0n) is 17.9. The highest BCUT2D eigenvalue weighted by atomic mass is 32.1. The number of amides is 1. The van der Waals surface area contributed by atoms with Crippen molar-refractivity contribution in [3.8, 4) is 11.1 Å². The number of hydrogen-bond acceptors (Lipinski definition) is 7. The van der Waals surface area contributed by atoms with Crippen LogP contribution in [0.25, 0.3) is 21.3 Å². The van der Waals surface area contributed by atoms with Crippen LogP contribution in [0.3, 0.4) is 0 Å². The Bertz CT molecular complexity index is 1420. The number of aromatic nitrogens is 1. The maximum absolute atomic E-state index is 13.3. The molecule has 4 aromatic rings. The van der Waals surface area contributed by atoms with Gasteiger partial charge >= 0.3 is 5.97 Å². The smallest absolute Gasteiger partial charge is 0.341 e. The predicted octanol–water partition coefficient (Wildman–Crippen LogP) is 5.36. The molecule has 162 valence electrons. The van der Waals surface area contributed by atoms with Crippen LogP contribution in [0, 0.1) is 13.8 Å². The number of anilines is 2. The highest BCUT2D eigenvalue weighted by Gasteiger charge is 2.30. The summed E-state index contributed by atoms with van der Waals surface area (Å²) in [5.74, 6) is -0.813. The summed E-state index contributed by atoms with van der Waals surface area (Å²) >= 11 is 2.69. The molecule has 1 amide bonds. The molecule has 0 unspecified atom stereocenters. The molecule has 1 aliphatic rings. The topological polar surface area (TPSA) is 94.3 Å². The van der Waals surface area contributed by atoms with Gasteiger partial charge in [0.2, 0.25) is 0 Å². The van der Waals surface area contributed by atoms with Crippen LogP contribution < -0.4 is 11.1 Å². The summed E-state index contributed by atoms with van der Waals surface area (Å²) < 4.78 is 5.09. The number of nitrogens with zero attached hydrogens (tertiary/aromatic N) is 1. The number of aryl methyl sites for hydroxylation is 4. The number of carbonyl (C=O) groups excluding carboxylic acids is 2. The van der Waals surface area contributed by atoms with Gasteiger partial charge in [-0.05, 0) is 49.4 Å². The molecule has 3 heterocycles. The second kappa shape index (κ2) is 7.72. The summed E-state index contributed by atoms with van der Waals surface area (Å²) in [4.78, 5) is 32.8. The first-order chi connectivity index (χ1) is 15.4. The number of thiophene rings is 2. The lowest BCUT2D eigenvalue weighted by molar-refractivity contribution is 0.0603. The number of ether oxygens (including phenoxy) is 1. The number of pyridine rings is 1. The van der Waals surface area contributed by atoms with Crippen LogP contribution in [0.5, 0.6) is 0 Å². The van der Waals surface area contributed by atoms with Crippen molar-refractivity contribution in [2.75, 3.05) is 18.2 Å². The van der Waals surface area contributed by atoms with Crippen molar-refractivity contribution in [3.05, 3.63) is 62.5 Å².